The number of primary amides is 1. The third-order valence-corrected chi connectivity index (χ3v) is 4.71. The van der Waals surface area contributed by atoms with Crippen molar-refractivity contribution < 1.29 is 4.79 Å². The Hall–Kier alpha value is -0.920. The van der Waals surface area contributed by atoms with E-state index in [2.05, 4.69) is 27.9 Å². The average molecular weight is 386 g/mol. The van der Waals surface area contributed by atoms with Gasteiger partial charge < -0.3 is 5.73 Å². The van der Waals surface area contributed by atoms with Gasteiger partial charge in [0.1, 0.15) is 5.54 Å². The fourth-order valence-corrected chi connectivity index (χ4v) is 2.80. The molecule has 1 aromatic heterocycles. The van der Waals surface area contributed by atoms with Crippen LogP contribution in [0, 0.1) is 3.57 Å². The van der Waals surface area contributed by atoms with Crippen LogP contribution in [-0.2, 0) is 16.9 Å². The van der Waals surface area contributed by atoms with Crippen molar-refractivity contribution in [1.82, 2.24) is 5.32 Å². The van der Waals surface area contributed by atoms with Crippen LogP contribution in [0.5, 0.6) is 0 Å². The number of nitrogens with two attached hydrogens (primary N) is 1. The second kappa shape index (κ2) is 6.02. The summed E-state index contributed by atoms with van der Waals surface area (Å²) < 4.78 is 1.13. The molecule has 0 fully saturated rings. The van der Waals surface area contributed by atoms with E-state index < -0.39 is 5.54 Å². The van der Waals surface area contributed by atoms with Crippen LogP contribution in [0.4, 0.5) is 0 Å². The van der Waals surface area contributed by atoms with Crippen molar-refractivity contribution in [3.05, 3.63) is 55.8 Å². The predicted molar refractivity (Wildman–Crippen MR) is 86.9 cm³/mol. The van der Waals surface area contributed by atoms with E-state index in [1.807, 2.05) is 48.7 Å². The molecule has 1 atom stereocenters. The number of rotatable bonds is 5. The Kier molecular flexibility index (Phi) is 4.59. The van der Waals surface area contributed by atoms with Gasteiger partial charge in [-0.15, -0.1) is 11.3 Å². The van der Waals surface area contributed by atoms with E-state index in [1.165, 1.54) is 4.88 Å². The van der Waals surface area contributed by atoms with Gasteiger partial charge in [-0.05, 0) is 58.7 Å². The Morgan fingerprint density at radius 3 is 2.58 bits per heavy atom. The standard InChI is InChI=1S/C14H15IN2OS/c1-14(13(16)18,10-4-6-11(15)7-5-10)17-9-12-3-2-8-19-12/h2-8,17H,9H2,1H3,(H2,16,18). The molecule has 2 aromatic rings. The molecular formula is C14H15IN2OS. The third-order valence-electron chi connectivity index (χ3n) is 3.11. The predicted octanol–water partition coefficient (Wildman–Crippen LogP) is 2.84. The molecule has 19 heavy (non-hydrogen) atoms. The van der Waals surface area contributed by atoms with Crippen LogP contribution in [-0.4, -0.2) is 5.91 Å². The van der Waals surface area contributed by atoms with Gasteiger partial charge in [0.15, 0.2) is 0 Å². The van der Waals surface area contributed by atoms with Gasteiger partial charge >= 0.3 is 0 Å². The quantitative estimate of drug-likeness (QED) is 0.777. The van der Waals surface area contributed by atoms with Gasteiger partial charge in [0.05, 0.1) is 0 Å². The number of carbonyl (C=O) groups is 1. The number of carbonyl (C=O) groups excluding carboxylic acids is 1. The maximum Gasteiger partial charge on any atom is 0.242 e. The largest absolute Gasteiger partial charge is 0.368 e. The first kappa shape index (κ1) is 14.5. The van der Waals surface area contributed by atoms with Crippen molar-refractivity contribution >= 4 is 39.8 Å². The summed E-state index contributed by atoms with van der Waals surface area (Å²) in [6.45, 7) is 2.45. The van der Waals surface area contributed by atoms with Crippen molar-refractivity contribution in [1.29, 1.82) is 0 Å². The summed E-state index contributed by atoms with van der Waals surface area (Å²) >= 11 is 3.89. The van der Waals surface area contributed by atoms with E-state index in [1.54, 1.807) is 11.3 Å². The molecule has 0 aliphatic carbocycles. The average Bonchev–Trinajstić information content (AvgIpc) is 2.89. The summed E-state index contributed by atoms with van der Waals surface area (Å²) in [5.74, 6) is -0.370. The molecule has 0 radical (unpaired) electrons. The van der Waals surface area contributed by atoms with Crippen LogP contribution in [0.25, 0.3) is 0 Å². The van der Waals surface area contributed by atoms with Crippen LogP contribution in [0.3, 0.4) is 0 Å². The summed E-state index contributed by atoms with van der Waals surface area (Å²) in [4.78, 5) is 13.0. The van der Waals surface area contributed by atoms with Crippen molar-refractivity contribution in [2.45, 2.75) is 19.0 Å². The molecule has 100 valence electrons. The molecule has 0 saturated heterocycles. The molecule has 3 nitrogen and oxygen atoms in total. The van der Waals surface area contributed by atoms with Crippen LogP contribution in [0.2, 0.25) is 0 Å². The van der Waals surface area contributed by atoms with Crippen LogP contribution >= 0.6 is 33.9 Å². The topological polar surface area (TPSA) is 55.1 Å². The zero-order valence-corrected chi connectivity index (χ0v) is 13.5. The lowest BCUT2D eigenvalue weighted by atomic mass is 9.91. The van der Waals surface area contributed by atoms with Crippen molar-refractivity contribution in [3.8, 4) is 0 Å². The first-order valence-corrected chi connectivity index (χ1v) is 7.81. The van der Waals surface area contributed by atoms with Gasteiger partial charge in [0.2, 0.25) is 5.91 Å². The summed E-state index contributed by atoms with van der Waals surface area (Å²) in [6, 6.07) is 11.9. The lowest BCUT2D eigenvalue weighted by Gasteiger charge is -2.28. The molecule has 0 aliphatic rings. The second-order valence-corrected chi connectivity index (χ2v) is 6.71. The molecule has 2 rings (SSSR count). The highest BCUT2D eigenvalue weighted by atomic mass is 127. The molecule has 1 heterocycles. The number of thiophene rings is 1. The third kappa shape index (κ3) is 3.34. The maximum absolute atomic E-state index is 11.8. The van der Waals surface area contributed by atoms with Gasteiger partial charge in [0, 0.05) is 15.0 Å². The van der Waals surface area contributed by atoms with Gasteiger partial charge in [-0.3, -0.25) is 10.1 Å². The summed E-state index contributed by atoms with van der Waals surface area (Å²) in [5, 5.41) is 5.28. The van der Waals surface area contributed by atoms with Crippen LogP contribution in [0.1, 0.15) is 17.4 Å². The summed E-state index contributed by atoms with van der Waals surface area (Å²) in [5.41, 5.74) is 5.61. The first-order valence-electron chi connectivity index (χ1n) is 5.86. The Labute approximate surface area is 130 Å². The maximum atomic E-state index is 11.8. The van der Waals surface area contributed by atoms with Gasteiger partial charge in [-0.1, -0.05) is 18.2 Å². The Morgan fingerprint density at radius 2 is 2.05 bits per heavy atom. The minimum atomic E-state index is -0.853. The normalized spacial score (nSPS) is 14.0. The first-order chi connectivity index (χ1) is 9.02. The molecule has 0 aliphatic heterocycles. The van der Waals surface area contributed by atoms with E-state index in [0.717, 1.165) is 9.13 Å². The minimum absolute atomic E-state index is 0.370. The highest BCUT2D eigenvalue weighted by molar-refractivity contribution is 14.1. The Bertz CT molecular complexity index is 553. The van der Waals surface area contributed by atoms with Crippen molar-refractivity contribution in [3.63, 3.8) is 0 Å². The fourth-order valence-electron chi connectivity index (χ4n) is 1.79. The number of halogens is 1. The second-order valence-electron chi connectivity index (χ2n) is 4.43. The van der Waals surface area contributed by atoms with E-state index in [4.69, 9.17) is 5.73 Å². The molecular weight excluding hydrogens is 371 g/mol. The fraction of sp³-hybridized carbons (Fsp3) is 0.214. The zero-order chi connectivity index (χ0) is 13.9. The van der Waals surface area contributed by atoms with Gasteiger partial charge in [-0.25, -0.2) is 0 Å². The number of hydrogen-bond donors (Lipinski definition) is 2. The summed E-state index contributed by atoms with van der Waals surface area (Å²) in [7, 11) is 0. The molecule has 3 N–H and O–H groups in total. The molecule has 0 spiro atoms. The highest BCUT2D eigenvalue weighted by Crippen LogP contribution is 2.23. The molecule has 1 unspecified atom stereocenters. The Balaban J connectivity index is 2.22. The number of amides is 1. The van der Waals surface area contributed by atoms with Crippen molar-refractivity contribution in [2.24, 2.45) is 5.73 Å². The van der Waals surface area contributed by atoms with Crippen molar-refractivity contribution in [2.75, 3.05) is 0 Å². The summed E-state index contributed by atoms with van der Waals surface area (Å²) in [6.07, 6.45) is 0. The zero-order valence-electron chi connectivity index (χ0n) is 10.5. The van der Waals surface area contributed by atoms with Gasteiger partial charge in [0.25, 0.3) is 0 Å². The lowest BCUT2D eigenvalue weighted by Crippen LogP contribution is -2.49. The lowest BCUT2D eigenvalue weighted by molar-refractivity contribution is -0.124. The minimum Gasteiger partial charge on any atom is -0.368 e. The molecule has 1 amide bonds. The monoisotopic (exact) mass is 386 g/mol. The van der Waals surface area contributed by atoms with Gasteiger partial charge in [-0.2, -0.15) is 0 Å². The molecule has 0 bridgehead atoms. The van der Waals surface area contributed by atoms with E-state index in [9.17, 15) is 4.79 Å². The van der Waals surface area contributed by atoms with E-state index in [0.29, 0.717) is 6.54 Å². The molecule has 0 saturated carbocycles. The Morgan fingerprint density at radius 1 is 1.37 bits per heavy atom. The highest BCUT2D eigenvalue weighted by Gasteiger charge is 2.32. The number of hydrogen-bond acceptors (Lipinski definition) is 3. The smallest absolute Gasteiger partial charge is 0.242 e. The van der Waals surface area contributed by atoms with Crippen LogP contribution in [0.15, 0.2) is 41.8 Å². The van der Waals surface area contributed by atoms with Crippen LogP contribution < -0.4 is 11.1 Å². The van der Waals surface area contributed by atoms with E-state index in [-0.39, 0.29) is 5.91 Å². The SMILES string of the molecule is CC(NCc1cccs1)(C(N)=O)c1ccc(I)cc1. The molecule has 5 heteroatoms. The number of nitrogens with one attached hydrogen (secondary N) is 1. The number of benzene rings is 1. The molecule has 1 aromatic carbocycles. The van der Waals surface area contributed by atoms with E-state index >= 15 is 0 Å².